The van der Waals surface area contributed by atoms with E-state index in [0.717, 1.165) is 17.6 Å². The summed E-state index contributed by atoms with van der Waals surface area (Å²) in [5, 5.41) is 13.1. The average molecular weight is 357 g/mol. The number of hydrogen-bond donors (Lipinski definition) is 2. The molecule has 0 heterocycles. The van der Waals surface area contributed by atoms with Gasteiger partial charge in [-0.2, -0.15) is 0 Å². The number of quaternary nitrogens is 1. The number of hydrogen-bond acceptors (Lipinski definition) is 3. The topological polar surface area (TPSA) is 55.3 Å². The Bertz CT molecular complexity index is 468. The van der Waals surface area contributed by atoms with Crippen LogP contribution >= 0.6 is 11.6 Å². The summed E-state index contributed by atoms with van der Waals surface area (Å²) in [6.45, 7) is 6.68. The van der Waals surface area contributed by atoms with E-state index in [0.29, 0.717) is 37.4 Å². The van der Waals surface area contributed by atoms with Crippen LogP contribution in [0.15, 0.2) is 24.3 Å². The third-order valence-corrected chi connectivity index (χ3v) is 5.35. The zero-order valence-corrected chi connectivity index (χ0v) is 15.5. The minimum atomic E-state index is -0.426. The molecule has 4 nitrogen and oxygen atoms in total. The fraction of sp³-hybridized carbons (Fsp3) is 0.684. The molecule has 2 rings (SSSR count). The van der Waals surface area contributed by atoms with E-state index in [1.807, 2.05) is 12.1 Å². The van der Waals surface area contributed by atoms with Crippen LogP contribution in [0.3, 0.4) is 0 Å². The first-order chi connectivity index (χ1) is 11.6. The Hall–Kier alpha value is -0.810. The Balaban J connectivity index is 1.53. The number of benzene rings is 1. The van der Waals surface area contributed by atoms with Gasteiger partial charge in [-0.1, -0.05) is 25.4 Å². The fourth-order valence-corrected chi connectivity index (χ4v) is 3.45. The lowest BCUT2D eigenvalue weighted by atomic mass is 9.78. The molecule has 1 aliphatic rings. The first-order valence-corrected chi connectivity index (χ1v) is 9.41. The van der Waals surface area contributed by atoms with Crippen LogP contribution in [0.5, 0.6) is 5.75 Å². The monoisotopic (exact) mass is 356 g/mol. The predicted molar refractivity (Wildman–Crippen MR) is 96.5 cm³/mol. The van der Waals surface area contributed by atoms with E-state index in [1.54, 1.807) is 12.1 Å². The highest BCUT2D eigenvalue weighted by atomic mass is 35.5. The molecule has 0 radical (unpaired) electrons. The van der Waals surface area contributed by atoms with Crippen molar-refractivity contribution in [3.63, 3.8) is 0 Å². The van der Waals surface area contributed by atoms with Crippen LogP contribution in [0.4, 0.5) is 0 Å². The van der Waals surface area contributed by atoms with Gasteiger partial charge in [-0.3, -0.25) is 0 Å². The third-order valence-electron chi connectivity index (χ3n) is 5.10. The molecule has 5 heteroatoms. The maximum absolute atomic E-state index is 10.1. The van der Waals surface area contributed by atoms with Crippen LogP contribution in [-0.2, 0) is 4.74 Å². The molecule has 1 fully saturated rings. The highest BCUT2D eigenvalue weighted by Crippen LogP contribution is 2.27. The van der Waals surface area contributed by atoms with Crippen molar-refractivity contribution in [3.05, 3.63) is 29.3 Å². The van der Waals surface area contributed by atoms with Crippen LogP contribution in [0, 0.1) is 11.8 Å². The molecule has 0 amide bonds. The lowest BCUT2D eigenvalue weighted by Gasteiger charge is -2.32. The van der Waals surface area contributed by atoms with Crippen molar-refractivity contribution < 1.29 is 19.9 Å². The first-order valence-electron chi connectivity index (χ1n) is 9.03. The molecule has 1 aliphatic carbocycles. The highest BCUT2D eigenvalue weighted by molar-refractivity contribution is 6.30. The Labute approximate surface area is 150 Å². The molecular formula is C19H31ClNO3+. The highest BCUT2D eigenvalue weighted by Gasteiger charge is 2.29. The van der Waals surface area contributed by atoms with Gasteiger partial charge in [0.15, 0.2) is 0 Å². The summed E-state index contributed by atoms with van der Waals surface area (Å²) in [6.07, 6.45) is 3.48. The molecular weight excluding hydrogens is 326 g/mol. The molecule has 1 saturated carbocycles. The molecule has 0 bridgehead atoms. The van der Waals surface area contributed by atoms with E-state index in [1.165, 1.54) is 19.3 Å². The second-order valence-electron chi connectivity index (χ2n) is 6.93. The summed E-state index contributed by atoms with van der Waals surface area (Å²) in [6, 6.07) is 7.89. The van der Waals surface area contributed by atoms with E-state index < -0.39 is 6.10 Å². The van der Waals surface area contributed by atoms with Crippen LogP contribution in [0.1, 0.15) is 33.1 Å². The van der Waals surface area contributed by atoms with Crippen molar-refractivity contribution in [2.45, 2.75) is 45.3 Å². The van der Waals surface area contributed by atoms with Gasteiger partial charge in [0.25, 0.3) is 0 Å². The van der Waals surface area contributed by atoms with Crippen molar-refractivity contribution >= 4 is 11.6 Å². The quantitative estimate of drug-likeness (QED) is 0.668. The Morgan fingerprint density at radius 1 is 1.21 bits per heavy atom. The summed E-state index contributed by atoms with van der Waals surface area (Å²) >= 11 is 5.82. The SMILES string of the molecule is C[C@@H]1[C@@H](C)CCC[C@H]1[NH2+]C[C@H](O)COCCOc1ccc(Cl)cc1. The number of halogens is 1. The van der Waals surface area contributed by atoms with Gasteiger partial charge in [0, 0.05) is 10.9 Å². The lowest BCUT2D eigenvalue weighted by molar-refractivity contribution is -0.704. The summed E-state index contributed by atoms with van der Waals surface area (Å²) < 4.78 is 11.1. The van der Waals surface area contributed by atoms with Gasteiger partial charge in [-0.25, -0.2) is 0 Å². The first kappa shape index (κ1) is 19.5. The van der Waals surface area contributed by atoms with Crippen LogP contribution < -0.4 is 10.1 Å². The molecule has 4 atom stereocenters. The molecule has 136 valence electrons. The number of aliphatic hydroxyl groups excluding tert-OH is 1. The van der Waals surface area contributed by atoms with Crippen molar-refractivity contribution in [2.24, 2.45) is 11.8 Å². The molecule has 1 aromatic carbocycles. The van der Waals surface area contributed by atoms with Crippen molar-refractivity contribution in [1.29, 1.82) is 0 Å². The molecule has 1 aromatic rings. The molecule has 0 aliphatic heterocycles. The number of nitrogens with two attached hydrogens (primary N) is 1. The average Bonchev–Trinajstić information content (AvgIpc) is 2.57. The van der Waals surface area contributed by atoms with Crippen LogP contribution in [0.25, 0.3) is 0 Å². The Morgan fingerprint density at radius 2 is 1.96 bits per heavy atom. The van der Waals surface area contributed by atoms with E-state index in [-0.39, 0.29) is 0 Å². The standard InChI is InChI=1S/C19H30ClNO3/c1-14-4-3-5-19(15(14)2)21-12-17(22)13-23-10-11-24-18-8-6-16(20)7-9-18/h6-9,14-15,17,19,21-22H,3-5,10-13H2,1-2H3/p+1/t14-,15+,17-,19+/m0/s1. The molecule has 24 heavy (non-hydrogen) atoms. The van der Waals surface area contributed by atoms with Gasteiger partial charge in [0.05, 0.1) is 19.3 Å². The fourth-order valence-electron chi connectivity index (χ4n) is 3.32. The van der Waals surface area contributed by atoms with Crippen molar-refractivity contribution in [3.8, 4) is 5.75 Å². The molecule has 0 unspecified atom stereocenters. The third kappa shape index (κ3) is 6.60. The normalized spacial score (nSPS) is 25.4. The second kappa shape index (κ2) is 10.2. The van der Waals surface area contributed by atoms with Gasteiger partial charge < -0.3 is 19.9 Å². The molecule has 0 aromatic heterocycles. The smallest absolute Gasteiger partial charge is 0.126 e. The van der Waals surface area contributed by atoms with E-state index in [2.05, 4.69) is 19.2 Å². The minimum Gasteiger partial charge on any atom is -0.491 e. The zero-order valence-electron chi connectivity index (χ0n) is 14.8. The van der Waals surface area contributed by atoms with Gasteiger partial charge >= 0.3 is 0 Å². The molecule has 3 N–H and O–H groups in total. The summed E-state index contributed by atoms with van der Waals surface area (Å²) in [5.74, 6) is 2.29. The Morgan fingerprint density at radius 3 is 2.71 bits per heavy atom. The van der Waals surface area contributed by atoms with Gasteiger partial charge in [-0.05, 0) is 49.4 Å². The number of aliphatic hydroxyl groups is 1. The zero-order chi connectivity index (χ0) is 17.4. The van der Waals surface area contributed by atoms with Crippen molar-refractivity contribution in [2.75, 3.05) is 26.4 Å². The van der Waals surface area contributed by atoms with E-state index >= 15 is 0 Å². The summed E-state index contributed by atoms with van der Waals surface area (Å²) in [7, 11) is 0. The number of rotatable bonds is 9. The van der Waals surface area contributed by atoms with Gasteiger partial charge in [-0.15, -0.1) is 0 Å². The molecule has 0 saturated heterocycles. The summed E-state index contributed by atoms with van der Waals surface area (Å²) in [5.41, 5.74) is 0. The van der Waals surface area contributed by atoms with Gasteiger partial charge in [0.1, 0.15) is 25.0 Å². The van der Waals surface area contributed by atoms with Crippen molar-refractivity contribution in [1.82, 2.24) is 0 Å². The van der Waals surface area contributed by atoms with Crippen LogP contribution in [0.2, 0.25) is 5.02 Å². The van der Waals surface area contributed by atoms with E-state index in [4.69, 9.17) is 21.1 Å². The lowest BCUT2D eigenvalue weighted by Crippen LogP contribution is -2.93. The number of ether oxygens (including phenoxy) is 2. The summed E-state index contributed by atoms with van der Waals surface area (Å²) in [4.78, 5) is 0. The molecule has 0 spiro atoms. The van der Waals surface area contributed by atoms with E-state index in [9.17, 15) is 5.11 Å². The Kier molecular flexibility index (Phi) is 8.33. The van der Waals surface area contributed by atoms with Crippen LogP contribution in [-0.4, -0.2) is 43.6 Å². The van der Waals surface area contributed by atoms with Gasteiger partial charge in [0.2, 0.25) is 0 Å². The largest absolute Gasteiger partial charge is 0.491 e. The minimum absolute atomic E-state index is 0.358. The predicted octanol–water partition coefficient (Wildman–Crippen LogP) is 2.48. The maximum Gasteiger partial charge on any atom is 0.126 e. The maximum atomic E-state index is 10.1. The second-order valence-corrected chi connectivity index (χ2v) is 7.37.